The minimum absolute atomic E-state index is 0.233. The number of aromatic nitrogens is 3. The molecule has 1 aliphatic heterocycles. The van der Waals surface area contributed by atoms with E-state index in [0.29, 0.717) is 11.7 Å². The van der Waals surface area contributed by atoms with Gasteiger partial charge < -0.3 is 10.6 Å². The number of carbonyl (C=O) groups excluding carboxylic acids is 1. The van der Waals surface area contributed by atoms with Gasteiger partial charge >= 0.3 is 0 Å². The zero-order valence-corrected chi connectivity index (χ0v) is 10.4. The first-order valence-electron chi connectivity index (χ1n) is 6.32. The van der Waals surface area contributed by atoms with Crippen LogP contribution >= 0.6 is 0 Å². The van der Waals surface area contributed by atoms with Crippen molar-refractivity contribution in [3.05, 3.63) is 42.2 Å². The third-order valence-corrected chi connectivity index (χ3v) is 3.18. The molecule has 1 aromatic heterocycles. The first kappa shape index (κ1) is 11.9. The molecule has 1 fully saturated rings. The second-order valence-corrected chi connectivity index (χ2v) is 4.55. The fourth-order valence-electron chi connectivity index (χ4n) is 2.14. The maximum atomic E-state index is 12.0. The van der Waals surface area contributed by atoms with Crippen LogP contribution in [0.15, 0.2) is 36.5 Å². The molecule has 2 aromatic rings. The summed E-state index contributed by atoms with van der Waals surface area (Å²) in [6.45, 7) is 1.86. The van der Waals surface area contributed by atoms with Crippen molar-refractivity contribution in [1.29, 1.82) is 0 Å². The van der Waals surface area contributed by atoms with Gasteiger partial charge in [0.2, 0.25) is 0 Å². The van der Waals surface area contributed by atoms with E-state index in [9.17, 15) is 4.79 Å². The number of nitrogens with one attached hydrogen (secondary N) is 2. The molecule has 0 radical (unpaired) electrons. The SMILES string of the molecule is O=C(Nc1ccccc1)c1cn(C2CCNC2)nn1. The third-order valence-electron chi connectivity index (χ3n) is 3.18. The summed E-state index contributed by atoms with van der Waals surface area (Å²) in [6, 6.07) is 9.62. The van der Waals surface area contributed by atoms with Gasteiger partial charge in [0.25, 0.3) is 5.91 Å². The maximum absolute atomic E-state index is 12.0. The summed E-state index contributed by atoms with van der Waals surface area (Å²) in [5.74, 6) is -0.233. The first-order chi connectivity index (χ1) is 9.33. The van der Waals surface area contributed by atoms with E-state index < -0.39 is 0 Å². The monoisotopic (exact) mass is 257 g/mol. The summed E-state index contributed by atoms with van der Waals surface area (Å²) in [5.41, 5.74) is 1.10. The van der Waals surface area contributed by atoms with Gasteiger partial charge in [-0.1, -0.05) is 23.4 Å². The van der Waals surface area contributed by atoms with Crippen molar-refractivity contribution >= 4 is 11.6 Å². The largest absolute Gasteiger partial charge is 0.321 e. The molecule has 0 aliphatic carbocycles. The van der Waals surface area contributed by atoms with Crippen LogP contribution in [0.2, 0.25) is 0 Å². The van der Waals surface area contributed by atoms with Crippen LogP contribution in [0.25, 0.3) is 0 Å². The normalized spacial score (nSPS) is 18.4. The predicted molar refractivity (Wildman–Crippen MR) is 70.9 cm³/mol. The Morgan fingerprint density at radius 2 is 2.21 bits per heavy atom. The van der Waals surface area contributed by atoms with Gasteiger partial charge in [0.05, 0.1) is 12.2 Å². The highest BCUT2D eigenvalue weighted by molar-refractivity contribution is 6.02. The molecule has 1 atom stereocenters. The van der Waals surface area contributed by atoms with Crippen LogP contribution in [-0.2, 0) is 0 Å². The fraction of sp³-hybridized carbons (Fsp3) is 0.308. The summed E-state index contributed by atoms with van der Waals surface area (Å²) >= 11 is 0. The molecule has 0 spiro atoms. The lowest BCUT2D eigenvalue weighted by atomic mass is 10.3. The van der Waals surface area contributed by atoms with Gasteiger partial charge in [-0.3, -0.25) is 4.79 Å². The van der Waals surface area contributed by atoms with Gasteiger partial charge in [-0.15, -0.1) is 5.10 Å². The highest BCUT2D eigenvalue weighted by atomic mass is 16.2. The van der Waals surface area contributed by atoms with E-state index in [1.165, 1.54) is 0 Å². The van der Waals surface area contributed by atoms with E-state index >= 15 is 0 Å². The average Bonchev–Trinajstić information content (AvgIpc) is 3.11. The summed E-state index contributed by atoms with van der Waals surface area (Å²) in [4.78, 5) is 12.0. The first-order valence-corrected chi connectivity index (χ1v) is 6.32. The van der Waals surface area contributed by atoms with Crippen LogP contribution in [0.5, 0.6) is 0 Å². The lowest BCUT2D eigenvalue weighted by molar-refractivity contribution is 0.102. The van der Waals surface area contributed by atoms with Gasteiger partial charge in [0.1, 0.15) is 0 Å². The minimum Gasteiger partial charge on any atom is -0.321 e. The number of hydrogen-bond acceptors (Lipinski definition) is 4. The highest BCUT2D eigenvalue weighted by Gasteiger charge is 2.19. The number of hydrogen-bond donors (Lipinski definition) is 2. The molecule has 98 valence electrons. The van der Waals surface area contributed by atoms with Crippen molar-refractivity contribution < 1.29 is 4.79 Å². The van der Waals surface area contributed by atoms with Crippen molar-refractivity contribution in [1.82, 2.24) is 20.3 Å². The topological polar surface area (TPSA) is 71.8 Å². The predicted octanol–water partition coefficient (Wildman–Crippen LogP) is 1.06. The van der Waals surface area contributed by atoms with Crippen LogP contribution in [0, 0.1) is 0 Å². The Bertz CT molecular complexity index is 559. The Morgan fingerprint density at radius 1 is 1.37 bits per heavy atom. The van der Waals surface area contributed by atoms with Gasteiger partial charge in [-0.05, 0) is 25.1 Å². The average molecular weight is 257 g/mol. The minimum atomic E-state index is -0.233. The van der Waals surface area contributed by atoms with Crippen molar-refractivity contribution in [2.24, 2.45) is 0 Å². The molecule has 19 heavy (non-hydrogen) atoms. The van der Waals surface area contributed by atoms with Crippen molar-refractivity contribution in [2.45, 2.75) is 12.5 Å². The van der Waals surface area contributed by atoms with E-state index in [1.807, 2.05) is 30.3 Å². The fourth-order valence-corrected chi connectivity index (χ4v) is 2.14. The number of rotatable bonds is 3. The van der Waals surface area contributed by atoms with Gasteiger partial charge in [0, 0.05) is 12.2 Å². The van der Waals surface area contributed by atoms with E-state index in [0.717, 1.165) is 25.2 Å². The van der Waals surface area contributed by atoms with Crippen LogP contribution in [-0.4, -0.2) is 34.0 Å². The lowest BCUT2D eigenvalue weighted by Gasteiger charge is -2.06. The maximum Gasteiger partial charge on any atom is 0.277 e. The standard InChI is InChI=1S/C13H15N5O/c19-13(15-10-4-2-1-3-5-10)12-9-18(17-16-12)11-6-7-14-8-11/h1-5,9,11,14H,6-8H2,(H,15,19). The number of carbonyl (C=O) groups is 1. The number of anilines is 1. The molecule has 1 saturated heterocycles. The van der Waals surface area contributed by atoms with E-state index in [1.54, 1.807) is 10.9 Å². The molecule has 2 N–H and O–H groups in total. The van der Waals surface area contributed by atoms with Gasteiger partial charge in [0.15, 0.2) is 5.69 Å². The van der Waals surface area contributed by atoms with Crippen LogP contribution in [0.4, 0.5) is 5.69 Å². The molecular formula is C13H15N5O. The quantitative estimate of drug-likeness (QED) is 0.862. The number of para-hydroxylation sites is 1. The zero-order chi connectivity index (χ0) is 13.1. The number of amides is 1. The van der Waals surface area contributed by atoms with Crippen LogP contribution < -0.4 is 10.6 Å². The van der Waals surface area contributed by atoms with Gasteiger partial charge in [-0.25, -0.2) is 4.68 Å². The van der Waals surface area contributed by atoms with E-state index in [4.69, 9.17) is 0 Å². The van der Waals surface area contributed by atoms with E-state index in [-0.39, 0.29) is 5.91 Å². The Hall–Kier alpha value is -2.21. The second-order valence-electron chi connectivity index (χ2n) is 4.55. The van der Waals surface area contributed by atoms with Gasteiger partial charge in [-0.2, -0.15) is 0 Å². The Kier molecular flexibility index (Phi) is 3.24. The lowest BCUT2D eigenvalue weighted by Crippen LogP contribution is -2.14. The van der Waals surface area contributed by atoms with Crippen LogP contribution in [0.3, 0.4) is 0 Å². The zero-order valence-electron chi connectivity index (χ0n) is 10.4. The Balaban J connectivity index is 1.70. The van der Waals surface area contributed by atoms with E-state index in [2.05, 4.69) is 20.9 Å². The molecule has 1 unspecified atom stereocenters. The molecule has 6 nitrogen and oxygen atoms in total. The summed E-state index contributed by atoms with van der Waals surface area (Å²) in [5, 5.41) is 14.0. The molecule has 1 aromatic carbocycles. The summed E-state index contributed by atoms with van der Waals surface area (Å²) in [7, 11) is 0. The number of benzene rings is 1. The Labute approximate surface area is 110 Å². The number of nitrogens with zero attached hydrogens (tertiary/aromatic N) is 3. The smallest absolute Gasteiger partial charge is 0.277 e. The molecule has 6 heteroatoms. The molecule has 1 aliphatic rings. The second kappa shape index (κ2) is 5.19. The molecular weight excluding hydrogens is 242 g/mol. The van der Waals surface area contributed by atoms with Crippen LogP contribution in [0.1, 0.15) is 23.0 Å². The molecule has 0 saturated carbocycles. The van der Waals surface area contributed by atoms with Crippen molar-refractivity contribution in [3.63, 3.8) is 0 Å². The summed E-state index contributed by atoms with van der Waals surface area (Å²) < 4.78 is 1.76. The highest BCUT2D eigenvalue weighted by Crippen LogP contribution is 2.14. The van der Waals surface area contributed by atoms with Crippen molar-refractivity contribution in [3.8, 4) is 0 Å². The summed E-state index contributed by atoms with van der Waals surface area (Å²) in [6.07, 6.45) is 2.72. The third kappa shape index (κ3) is 2.63. The molecule has 3 rings (SSSR count). The molecule has 2 heterocycles. The Morgan fingerprint density at radius 3 is 2.95 bits per heavy atom. The molecule has 1 amide bonds. The molecule has 0 bridgehead atoms. The van der Waals surface area contributed by atoms with Crippen molar-refractivity contribution in [2.75, 3.05) is 18.4 Å².